The molecule has 0 fully saturated rings. The fourth-order valence-electron chi connectivity index (χ4n) is 2.15. The second-order valence-corrected chi connectivity index (χ2v) is 6.00. The summed E-state index contributed by atoms with van der Waals surface area (Å²) in [5.74, 6) is 0.485. The first kappa shape index (κ1) is 16.0. The number of thiazole rings is 1. The first-order chi connectivity index (χ1) is 11.6. The van der Waals surface area contributed by atoms with Crippen molar-refractivity contribution in [1.29, 1.82) is 0 Å². The Hall–Kier alpha value is -2.87. The van der Waals surface area contributed by atoms with Gasteiger partial charge in [0.1, 0.15) is 18.1 Å². The van der Waals surface area contributed by atoms with Gasteiger partial charge < -0.3 is 15.8 Å². The summed E-state index contributed by atoms with van der Waals surface area (Å²) in [5.41, 5.74) is 7.89. The quantitative estimate of drug-likeness (QED) is 0.667. The Balaban J connectivity index is 1.51. The van der Waals surface area contributed by atoms with Gasteiger partial charge in [0.25, 0.3) is 5.91 Å². The number of nitrogens with one attached hydrogen (secondary N) is 1. The number of hydrogen-bond acceptors (Lipinski definition) is 6. The highest BCUT2D eigenvalue weighted by molar-refractivity contribution is 7.13. The van der Waals surface area contributed by atoms with E-state index >= 15 is 0 Å². The van der Waals surface area contributed by atoms with E-state index in [1.165, 1.54) is 11.3 Å². The summed E-state index contributed by atoms with van der Waals surface area (Å²) in [7, 11) is 1.88. The van der Waals surface area contributed by atoms with Gasteiger partial charge in [0, 0.05) is 24.2 Å². The summed E-state index contributed by atoms with van der Waals surface area (Å²) in [6, 6.07) is 7.75. The number of benzene rings is 1. The number of rotatable bonds is 6. The van der Waals surface area contributed by atoms with Crippen LogP contribution in [0.3, 0.4) is 0 Å². The van der Waals surface area contributed by atoms with E-state index in [4.69, 9.17) is 10.5 Å². The Bertz CT molecular complexity index is 842. The molecule has 0 saturated heterocycles. The van der Waals surface area contributed by atoms with Gasteiger partial charge in [-0.1, -0.05) is 12.1 Å². The molecule has 3 aromatic rings. The number of anilines is 1. The smallest absolute Gasteiger partial charge is 0.270 e. The van der Waals surface area contributed by atoms with Crippen molar-refractivity contribution in [3.8, 4) is 16.9 Å². The number of aryl methyl sites for hydroxylation is 1. The maximum absolute atomic E-state index is 11.8. The monoisotopic (exact) mass is 343 g/mol. The van der Waals surface area contributed by atoms with Crippen LogP contribution in [0.5, 0.6) is 5.75 Å². The van der Waals surface area contributed by atoms with Gasteiger partial charge in [-0.05, 0) is 17.7 Å². The molecule has 0 aliphatic carbocycles. The molecule has 0 spiro atoms. The molecule has 0 aliphatic rings. The second-order valence-electron chi connectivity index (χ2n) is 5.11. The average molecular weight is 343 g/mol. The van der Waals surface area contributed by atoms with Gasteiger partial charge in [-0.3, -0.25) is 9.48 Å². The van der Waals surface area contributed by atoms with Crippen LogP contribution in [0, 0.1) is 0 Å². The van der Waals surface area contributed by atoms with Gasteiger partial charge in [0.15, 0.2) is 5.13 Å². The lowest BCUT2D eigenvalue weighted by Gasteiger charge is -2.08. The number of nitrogen functional groups attached to an aromatic ring is 1. The van der Waals surface area contributed by atoms with Crippen molar-refractivity contribution in [3.05, 3.63) is 47.7 Å². The van der Waals surface area contributed by atoms with E-state index in [1.807, 2.05) is 37.5 Å². The standard InChI is InChI=1S/C16H17N5O2S/c1-21-9-12(8-19-21)11-3-2-4-13(7-11)23-6-5-18-15(22)14-10-24-16(17)20-14/h2-4,7-10H,5-6H2,1H3,(H2,17,20)(H,18,22). The largest absolute Gasteiger partial charge is 0.492 e. The van der Waals surface area contributed by atoms with Crippen LogP contribution in [-0.4, -0.2) is 33.8 Å². The topological polar surface area (TPSA) is 95.1 Å². The Morgan fingerprint density at radius 3 is 3.00 bits per heavy atom. The maximum atomic E-state index is 11.8. The Labute approximate surface area is 143 Å². The van der Waals surface area contributed by atoms with Gasteiger partial charge >= 0.3 is 0 Å². The van der Waals surface area contributed by atoms with Crippen molar-refractivity contribution in [2.24, 2.45) is 7.05 Å². The van der Waals surface area contributed by atoms with Crippen molar-refractivity contribution < 1.29 is 9.53 Å². The molecule has 0 bridgehead atoms. The number of nitrogens with zero attached hydrogens (tertiary/aromatic N) is 3. The summed E-state index contributed by atoms with van der Waals surface area (Å²) in [5, 5.41) is 8.91. The fraction of sp³-hybridized carbons (Fsp3) is 0.188. The third kappa shape index (κ3) is 3.90. The minimum Gasteiger partial charge on any atom is -0.492 e. The van der Waals surface area contributed by atoms with Crippen molar-refractivity contribution in [2.45, 2.75) is 0 Å². The van der Waals surface area contributed by atoms with Gasteiger partial charge in [-0.25, -0.2) is 4.98 Å². The highest BCUT2D eigenvalue weighted by Crippen LogP contribution is 2.23. The first-order valence-corrected chi connectivity index (χ1v) is 8.21. The summed E-state index contributed by atoms with van der Waals surface area (Å²) < 4.78 is 7.44. The fourth-order valence-corrected chi connectivity index (χ4v) is 2.69. The lowest BCUT2D eigenvalue weighted by Crippen LogP contribution is -2.28. The number of amides is 1. The molecule has 1 amide bonds. The molecule has 24 heavy (non-hydrogen) atoms. The Morgan fingerprint density at radius 1 is 1.42 bits per heavy atom. The van der Waals surface area contributed by atoms with Crippen molar-refractivity contribution >= 4 is 22.4 Å². The summed E-state index contributed by atoms with van der Waals surface area (Å²) in [4.78, 5) is 15.8. The zero-order valence-electron chi connectivity index (χ0n) is 13.1. The molecule has 0 unspecified atom stereocenters. The highest BCUT2D eigenvalue weighted by atomic mass is 32.1. The minimum atomic E-state index is -0.254. The summed E-state index contributed by atoms with van der Waals surface area (Å²) in [6.07, 6.45) is 3.75. The maximum Gasteiger partial charge on any atom is 0.270 e. The van der Waals surface area contributed by atoms with Crippen LogP contribution in [0.25, 0.3) is 11.1 Å². The molecule has 8 heteroatoms. The van der Waals surface area contributed by atoms with Crippen LogP contribution < -0.4 is 15.8 Å². The lowest BCUT2D eigenvalue weighted by atomic mass is 10.1. The summed E-state index contributed by atoms with van der Waals surface area (Å²) >= 11 is 1.24. The first-order valence-electron chi connectivity index (χ1n) is 7.33. The Morgan fingerprint density at radius 2 is 2.29 bits per heavy atom. The van der Waals surface area contributed by atoms with Crippen LogP contribution in [0.1, 0.15) is 10.5 Å². The van der Waals surface area contributed by atoms with Crippen LogP contribution in [-0.2, 0) is 7.05 Å². The molecule has 7 nitrogen and oxygen atoms in total. The highest BCUT2D eigenvalue weighted by Gasteiger charge is 2.08. The van der Waals surface area contributed by atoms with Gasteiger partial charge in [0.05, 0.1) is 12.7 Å². The second kappa shape index (κ2) is 7.14. The van der Waals surface area contributed by atoms with E-state index in [0.717, 1.165) is 16.9 Å². The van der Waals surface area contributed by atoms with E-state index < -0.39 is 0 Å². The average Bonchev–Trinajstić information content (AvgIpc) is 3.20. The third-order valence-electron chi connectivity index (χ3n) is 3.28. The summed E-state index contributed by atoms with van der Waals surface area (Å²) in [6.45, 7) is 0.745. The lowest BCUT2D eigenvalue weighted by molar-refractivity contribution is 0.0943. The molecule has 0 aliphatic heterocycles. The van der Waals surface area contributed by atoms with Gasteiger partial charge in [0.2, 0.25) is 0 Å². The molecule has 0 radical (unpaired) electrons. The van der Waals surface area contributed by atoms with E-state index in [0.29, 0.717) is 24.0 Å². The molecule has 0 saturated carbocycles. The predicted molar refractivity (Wildman–Crippen MR) is 93.0 cm³/mol. The normalized spacial score (nSPS) is 10.5. The van der Waals surface area contributed by atoms with Gasteiger partial charge in [-0.15, -0.1) is 11.3 Å². The number of aromatic nitrogens is 3. The third-order valence-corrected chi connectivity index (χ3v) is 3.96. The molecule has 2 aromatic heterocycles. The van der Waals surface area contributed by atoms with Crippen molar-refractivity contribution in [1.82, 2.24) is 20.1 Å². The number of nitrogens with two attached hydrogens (primary N) is 1. The molecule has 0 atom stereocenters. The number of hydrogen-bond donors (Lipinski definition) is 2. The minimum absolute atomic E-state index is 0.254. The number of ether oxygens (including phenoxy) is 1. The number of carbonyl (C=O) groups excluding carboxylic acids is 1. The van der Waals surface area contributed by atoms with Crippen LogP contribution in [0.2, 0.25) is 0 Å². The van der Waals surface area contributed by atoms with E-state index in [-0.39, 0.29) is 5.91 Å². The zero-order chi connectivity index (χ0) is 16.9. The molecule has 3 N–H and O–H groups in total. The number of carbonyl (C=O) groups is 1. The van der Waals surface area contributed by atoms with Crippen LogP contribution >= 0.6 is 11.3 Å². The predicted octanol–water partition coefficient (Wildman–Crippen LogP) is 1.93. The molecular weight excluding hydrogens is 326 g/mol. The zero-order valence-corrected chi connectivity index (χ0v) is 13.9. The van der Waals surface area contributed by atoms with Crippen LogP contribution in [0.15, 0.2) is 42.0 Å². The van der Waals surface area contributed by atoms with Crippen molar-refractivity contribution in [3.63, 3.8) is 0 Å². The Kier molecular flexibility index (Phi) is 4.76. The molecule has 1 aromatic carbocycles. The SMILES string of the molecule is Cn1cc(-c2cccc(OCCNC(=O)c3csc(N)n3)c2)cn1. The van der Waals surface area contributed by atoms with Gasteiger partial charge in [-0.2, -0.15) is 5.10 Å². The van der Waals surface area contributed by atoms with Crippen molar-refractivity contribution in [2.75, 3.05) is 18.9 Å². The molecule has 124 valence electrons. The molecular formula is C16H17N5O2S. The van der Waals surface area contributed by atoms with E-state index in [1.54, 1.807) is 16.3 Å². The molecule has 2 heterocycles. The molecule has 3 rings (SSSR count). The van der Waals surface area contributed by atoms with E-state index in [2.05, 4.69) is 15.4 Å². The van der Waals surface area contributed by atoms with Crippen LogP contribution in [0.4, 0.5) is 5.13 Å². The van der Waals surface area contributed by atoms with E-state index in [9.17, 15) is 4.79 Å².